The molecule has 3 rings (SSSR count). The van der Waals surface area contributed by atoms with Crippen LogP contribution in [0.2, 0.25) is 0 Å². The van der Waals surface area contributed by atoms with E-state index in [1.807, 2.05) is 0 Å². The lowest BCUT2D eigenvalue weighted by molar-refractivity contribution is -0.275. The van der Waals surface area contributed by atoms with Crippen LogP contribution in [-0.4, -0.2) is 51.9 Å². The second-order valence-corrected chi connectivity index (χ2v) is 8.94. The van der Waals surface area contributed by atoms with Gasteiger partial charge in [0.05, 0.1) is 27.1 Å². The molecule has 1 aliphatic rings. The van der Waals surface area contributed by atoms with Gasteiger partial charge in [-0.2, -0.15) is 4.36 Å². The SMILES string of the molecule is O=C(N=S1(=O)CCCN(C(=O)c2cccc(F)c2OC(F)(F)F)CC1)c1ccoc1. The van der Waals surface area contributed by atoms with Gasteiger partial charge in [-0.25, -0.2) is 8.60 Å². The number of rotatable bonds is 3. The minimum atomic E-state index is -5.18. The fraction of sp³-hybridized carbons (Fsp3) is 0.333. The van der Waals surface area contributed by atoms with Gasteiger partial charge in [-0.3, -0.25) is 9.59 Å². The second kappa shape index (κ2) is 8.46. The first-order chi connectivity index (χ1) is 14.1. The summed E-state index contributed by atoms with van der Waals surface area (Å²) in [6.07, 6.45) is -2.57. The third kappa shape index (κ3) is 5.17. The molecule has 2 heterocycles. The molecule has 1 unspecified atom stereocenters. The summed E-state index contributed by atoms with van der Waals surface area (Å²) < 4.78 is 76.9. The summed E-state index contributed by atoms with van der Waals surface area (Å²) in [5.41, 5.74) is -0.476. The molecule has 1 saturated heterocycles. The zero-order valence-corrected chi connectivity index (χ0v) is 16.2. The number of alkyl halides is 3. The quantitative estimate of drug-likeness (QED) is 0.671. The Kier molecular flexibility index (Phi) is 6.15. The Morgan fingerprint density at radius 3 is 2.60 bits per heavy atom. The van der Waals surface area contributed by atoms with E-state index in [9.17, 15) is 31.4 Å². The van der Waals surface area contributed by atoms with E-state index in [-0.39, 0.29) is 36.6 Å². The van der Waals surface area contributed by atoms with Gasteiger partial charge in [0.15, 0.2) is 11.6 Å². The summed E-state index contributed by atoms with van der Waals surface area (Å²) in [4.78, 5) is 26.0. The van der Waals surface area contributed by atoms with Gasteiger partial charge in [-0.1, -0.05) is 6.07 Å². The molecule has 1 aromatic carbocycles. The number of furan rings is 1. The van der Waals surface area contributed by atoms with Gasteiger partial charge < -0.3 is 14.1 Å². The minimum absolute atomic E-state index is 0.0232. The van der Waals surface area contributed by atoms with Crippen molar-refractivity contribution < 1.29 is 40.5 Å². The molecule has 0 saturated carbocycles. The molecular weight excluding hydrogens is 432 g/mol. The Labute approximate surface area is 168 Å². The summed E-state index contributed by atoms with van der Waals surface area (Å²) in [6, 6.07) is 4.22. The van der Waals surface area contributed by atoms with Gasteiger partial charge in [-0.15, -0.1) is 13.2 Å². The van der Waals surface area contributed by atoms with E-state index in [0.717, 1.165) is 29.4 Å². The molecule has 1 aliphatic heterocycles. The lowest BCUT2D eigenvalue weighted by atomic mass is 10.1. The molecule has 0 N–H and O–H groups in total. The maximum Gasteiger partial charge on any atom is 0.573 e. The number of carbonyl (C=O) groups excluding carboxylic acids is 2. The van der Waals surface area contributed by atoms with E-state index in [4.69, 9.17) is 4.42 Å². The van der Waals surface area contributed by atoms with Gasteiger partial charge >= 0.3 is 6.36 Å². The summed E-state index contributed by atoms with van der Waals surface area (Å²) in [5.74, 6) is -4.32. The van der Waals surface area contributed by atoms with E-state index in [2.05, 4.69) is 9.10 Å². The van der Waals surface area contributed by atoms with Crippen molar-refractivity contribution in [3.63, 3.8) is 0 Å². The van der Waals surface area contributed by atoms with Gasteiger partial charge in [-0.05, 0) is 24.6 Å². The van der Waals surface area contributed by atoms with Crippen LogP contribution in [-0.2, 0) is 9.73 Å². The van der Waals surface area contributed by atoms with Crippen molar-refractivity contribution in [3.05, 3.63) is 53.7 Å². The number of halogens is 4. The molecule has 0 aliphatic carbocycles. The highest BCUT2D eigenvalue weighted by Crippen LogP contribution is 2.30. The van der Waals surface area contributed by atoms with Gasteiger partial charge in [0, 0.05) is 24.6 Å². The second-order valence-electron chi connectivity index (χ2n) is 6.40. The van der Waals surface area contributed by atoms with E-state index in [0.29, 0.717) is 0 Å². The lowest BCUT2D eigenvalue weighted by Crippen LogP contribution is -2.34. The number of hydrogen-bond donors (Lipinski definition) is 0. The Morgan fingerprint density at radius 1 is 1.17 bits per heavy atom. The topological polar surface area (TPSA) is 89.2 Å². The average molecular weight is 448 g/mol. The first kappa shape index (κ1) is 21.8. The normalized spacial score (nSPS) is 19.8. The van der Waals surface area contributed by atoms with E-state index >= 15 is 0 Å². The number of nitrogens with zero attached hydrogens (tertiary/aromatic N) is 2. The fourth-order valence-electron chi connectivity index (χ4n) is 2.90. The Hall–Kier alpha value is -2.89. The average Bonchev–Trinajstić information content (AvgIpc) is 3.13. The monoisotopic (exact) mass is 448 g/mol. The smallest absolute Gasteiger partial charge is 0.472 e. The van der Waals surface area contributed by atoms with Crippen molar-refractivity contribution in [2.75, 3.05) is 24.6 Å². The van der Waals surface area contributed by atoms with Crippen LogP contribution in [0.15, 0.2) is 45.6 Å². The highest BCUT2D eigenvalue weighted by Gasteiger charge is 2.35. The largest absolute Gasteiger partial charge is 0.573 e. The van der Waals surface area contributed by atoms with Crippen LogP contribution in [0.25, 0.3) is 0 Å². The molecule has 2 amide bonds. The van der Waals surface area contributed by atoms with E-state index in [1.54, 1.807) is 0 Å². The third-order valence-electron chi connectivity index (χ3n) is 4.29. The predicted octanol–water partition coefficient (Wildman–Crippen LogP) is 3.47. The molecule has 1 atom stereocenters. The predicted molar refractivity (Wildman–Crippen MR) is 96.9 cm³/mol. The number of hydrogen-bond acceptors (Lipinski definition) is 5. The number of amides is 2. The van der Waals surface area contributed by atoms with Gasteiger partial charge in [0.2, 0.25) is 0 Å². The molecule has 1 aromatic heterocycles. The molecule has 12 heteroatoms. The van der Waals surface area contributed by atoms with Crippen molar-refractivity contribution in [2.45, 2.75) is 12.8 Å². The van der Waals surface area contributed by atoms with E-state index in [1.165, 1.54) is 12.3 Å². The van der Waals surface area contributed by atoms with Crippen LogP contribution >= 0.6 is 0 Å². The Bertz CT molecular complexity index is 1060. The molecular formula is C18H16F4N2O5S. The van der Waals surface area contributed by atoms with Crippen LogP contribution in [0.3, 0.4) is 0 Å². The molecule has 7 nitrogen and oxygen atoms in total. The zero-order valence-electron chi connectivity index (χ0n) is 15.4. The lowest BCUT2D eigenvalue weighted by Gasteiger charge is -2.22. The molecule has 0 spiro atoms. The number of carbonyl (C=O) groups is 2. The first-order valence-electron chi connectivity index (χ1n) is 8.70. The standard InChI is InChI=1S/C18H16F4N2O5S/c19-14-4-1-3-13(15(14)29-18(20,21)22)17(26)24-6-2-9-30(27,10-7-24)23-16(25)12-5-8-28-11-12/h1,3-5,8,11H,2,6-7,9-10H2. The summed E-state index contributed by atoms with van der Waals surface area (Å²) >= 11 is 0. The van der Waals surface area contributed by atoms with Crippen LogP contribution < -0.4 is 4.74 Å². The molecule has 1 fully saturated rings. The van der Waals surface area contributed by atoms with Gasteiger partial charge in [0.25, 0.3) is 11.8 Å². The minimum Gasteiger partial charge on any atom is -0.472 e. The highest BCUT2D eigenvalue weighted by atomic mass is 32.2. The Morgan fingerprint density at radius 2 is 1.93 bits per heavy atom. The van der Waals surface area contributed by atoms with Crippen LogP contribution in [0.5, 0.6) is 5.75 Å². The molecule has 162 valence electrons. The van der Waals surface area contributed by atoms with Crippen LogP contribution in [0, 0.1) is 5.82 Å². The number of ether oxygens (including phenoxy) is 1. The maximum absolute atomic E-state index is 13.9. The summed E-state index contributed by atoms with van der Waals surface area (Å²) in [6.45, 7) is -0.0883. The van der Waals surface area contributed by atoms with Crippen molar-refractivity contribution in [2.24, 2.45) is 4.36 Å². The molecule has 0 bridgehead atoms. The third-order valence-corrected chi connectivity index (χ3v) is 6.54. The summed E-state index contributed by atoms with van der Waals surface area (Å²) in [5, 5.41) is 0. The van der Waals surface area contributed by atoms with Crippen LogP contribution in [0.4, 0.5) is 17.6 Å². The van der Waals surface area contributed by atoms with Crippen molar-refractivity contribution in [1.29, 1.82) is 0 Å². The first-order valence-corrected chi connectivity index (χ1v) is 10.6. The highest BCUT2D eigenvalue weighted by molar-refractivity contribution is 7.93. The zero-order chi connectivity index (χ0) is 21.9. The summed E-state index contributed by atoms with van der Waals surface area (Å²) in [7, 11) is -2.99. The fourth-order valence-corrected chi connectivity index (χ4v) is 4.78. The van der Waals surface area contributed by atoms with Crippen molar-refractivity contribution >= 4 is 21.5 Å². The number of para-hydroxylation sites is 1. The van der Waals surface area contributed by atoms with Gasteiger partial charge in [0.1, 0.15) is 6.26 Å². The maximum atomic E-state index is 13.9. The van der Waals surface area contributed by atoms with Crippen LogP contribution in [0.1, 0.15) is 27.1 Å². The molecule has 30 heavy (non-hydrogen) atoms. The molecule has 2 aromatic rings. The number of benzene rings is 1. The Balaban J connectivity index is 1.81. The molecule has 0 radical (unpaired) electrons. The van der Waals surface area contributed by atoms with E-state index < -0.39 is 45.0 Å². The van der Waals surface area contributed by atoms with Crippen molar-refractivity contribution in [1.82, 2.24) is 4.90 Å². The van der Waals surface area contributed by atoms with Crippen molar-refractivity contribution in [3.8, 4) is 5.75 Å².